The summed E-state index contributed by atoms with van der Waals surface area (Å²) in [5.74, 6) is -0.554. The molecule has 1 aliphatic carbocycles. The van der Waals surface area contributed by atoms with Crippen LogP contribution in [-0.2, 0) is 4.79 Å². The van der Waals surface area contributed by atoms with Gasteiger partial charge in [-0.2, -0.15) is 0 Å². The predicted molar refractivity (Wildman–Crippen MR) is 91.4 cm³/mol. The van der Waals surface area contributed by atoms with Gasteiger partial charge in [0.05, 0.1) is 18.1 Å². The number of ether oxygens (including phenoxy) is 1. The highest BCUT2D eigenvalue weighted by Gasteiger charge is 2.55. The fourth-order valence-electron chi connectivity index (χ4n) is 4.73. The van der Waals surface area contributed by atoms with Gasteiger partial charge in [-0.15, -0.1) is 0 Å². The molecule has 26 heavy (non-hydrogen) atoms. The predicted octanol–water partition coefficient (Wildman–Crippen LogP) is 2.94. The molecule has 1 unspecified atom stereocenters. The first-order chi connectivity index (χ1) is 12.5. The lowest BCUT2D eigenvalue weighted by atomic mass is 9.81. The third kappa shape index (κ3) is 2.79. The van der Waals surface area contributed by atoms with Gasteiger partial charge in [-0.25, -0.2) is 9.18 Å². The smallest absolute Gasteiger partial charge is 0.317 e. The van der Waals surface area contributed by atoms with E-state index in [9.17, 15) is 19.1 Å². The number of carbonyl (C=O) groups is 2. The number of carboxylic acid groups (broad SMARTS) is 1. The lowest BCUT2D eigenvalue weighted by Crippen LogP contribution is -2.42. The first kappa shape index (κ1) is 17.1. The van der Waals surface area contributed by atoms with Crippen LogP contribution in [0.4, 0.5) is 9.18 Å². The molecule has 2 heterocycles. The van der Waals surface area contributed by atoms with Crippen molar-refractivity contribution in [2.75, 3.05) is 19.7 Å². The average Bonchev–Trinajstić information content (AvgIpc) is 3.11. The second kappa shape index (κ2) is 6.45. The summed E-state index contributed by atoms with van der Waals surface area (Å²) in [7, 11) is 0. The molecular formula is C19H23FN2O4. The lowest BCUT2D eigenvalue weighted by Gasteiger charge is -2.25. The minimum absolute atomic E-state index is 0.0212. The highest BCUT2D eigenvalue weighted by atomic mass is 19.1. The topological polar surface area (TPSA) is 78.9 Å². The molecule has 0 bridgehead atoms. The summed E-state index contributed by atoms with van der Waals surface area (Å²) in [5, 5.41) is 12.7. The number of urea groups is 1. The SMILES string of the molecule is O=C(NC1CCCOc2ccc(F)cc21)N1C[C@@H]2CCC[C@@]2(C(=O)O)C1. The van der Waals surface area contributed by atoms with E-state index in [-0.39, 0.29) is 30.4 Å². The first-order valence-corrected chi connectivity index (χ1v) is 9.21. The fourth-order valence-corrected chi connectivity index (χ4v) is 4.73. The molecule has 4 rings (SSSR count). The number of amides is 2. The number of rotatable bonds is 2. The summed E-state index contributed by atoms with van der Waals surface area (Å²) in [5.41, 5.74) is -0.156. The van der Waals surface area contributed by atoms with Crippen molar-refractivity contribution < 1.29 is 23.8 Å². The van der Waals surface area contributed by atoms with E-state index >= 15 is 0 Å². The largest absolute Gasteiger partial charge is 0.493 e. The molecule has 0 spiro atoms. The molecular weight excluding hydrogens is 339 g/mol. The van der Waals surface area contributed by atoms with Gasteiger partial charge < -0.3 is 20.1 Å². The third-order valence-corrected chi connectivity index (χ3v) is 6.12. The summed E-state index contributed by atoms with van der Waals surface area (Å²) >= 11 is 0. The number of likely N-dealkylation sites (tertiary alicyclic amines) is 1. The Bertz CT molecular complexity index is 740. The van der Waals surface area contributed by atoms with Gasteiger partial charge in [0.1, 0.15) is 11.6 Å². The van der Waals surface area contributed by atoms with Gasteiger partial charge in [-0.05, 0) is 49.8 Å². The van der Waals surface area contributed by atoms with Crippen LogP contribution >= 0.6 is 0 Å². The van der Waals surface area contributed by atoms with E-state index in [0.717, 1.165) is 19.3 Å². The molecule has 0 aromatic heterocycles. The zero-order valence-electron chi connectivity index (χ0n) is 14.5. The van der Waals surface area contributed by atoms with Crippen molar-refractivity contribution >= 4 is 12.0 Å². The quantitative estimate of drug-likeness (QED) is 0.848. The summed E-state index contributed by atoms with van der Waals surface area (Å²) in [6, 6.07) is 3.73. The van der Waals surface area contributed by atoms with E-state index in [1.54, 1.807) is 11.0 Å². The van der Waals surface area contributed by atoms with Crippen molar-refractivity contribution in [2.24, 2.45) is 11.3 Å². The van der Waals surface area contributed by atoms with E-state index in [4.69, 9.17) is 4.74 Å². The van der Waals surface area contributed by atoms with E-state index in [2.05, 4.69) is 5.32 Å². The molecule has 140 valence electrons. The molecule has 1 saturated carbocycles. The number of hydrogen-bond acceptors (Lipinski definition) is 3. The Balaban J connectivity index is 1.51. The van der Waals surface area contributed by atoms with Crippen LogP contribution < -0.4 is 10.1 Å². The highest BCUT2D eigenvalue weighted by molar-refractivity contribution is 5.81. The van der Waals surface area contributed by atoms with Crippen LogP contribution in [0.25, 0.3) is 0 Å². The number of hydrogen-bond donors (Lipinski definition) is 2. The fraction of sp³-hybridized carbons (Fsp3) is 0.579. The van der Waals surface area contributed by atoms with Crippen molar-refractivity contribution in [3.8, 4) is 5.75 Å². The number of halogens is 1. The van der Waals surface area contributed by atoms with Gasteiger partial charge in [-0.1, -0.05) is 6.42 Å². The minimum Gasteiger partial charge on any atom is -0.493 e. The molecule has 1 aromatic rings. The lowest BCUT2D eigenvalue weighted by molar-refractivity contribution is -0.149. The number of nitrogens with zero attached hydrogens (tertiary/aromatic N) is 1. The zero-order chi connectivity index (χ0) is 18.3. The van der Waals surface area contributed by atoms with Crippen LogP contribution in [0.3, 0.4) is 0 Å². The van der Waals surface area contributed by atoms with Crippen molar-refractivity contribution in [3.05, 3.63) is 29.6 Å². The number of fused-ring (bicyclic) bond motifs is 2. The van der Waals surface area contributed by atoms with Gasteiger partial charge in [0, 0.05) is 18.7 Å². The number of carbonyl (C=O) groups excluding carboxylic acids is 1. The Morgan fingerprint density at radius 2 is 2.15 bits per heavy atom. The average molecular weight is 362 g/mol. The molecule has 2 amide bonds. The second-order valence-corrected chi connectivity index (χ2v) is 7.61. The van der Waals surface area contributed by atoms with Crippen molar-refractivity contribution in [3.63, 3.8) is 0 Å². The summed E-state index contributed by atoms with van der Waals surface area (Å²) in [4.78, 5) is 26.2. The van der Waals surface area contributed by atoms with Crippen LogP contribution in [0.15, 0.2) is 18.2 Å². The molecule has 7 heteroatoms. The van der Waals surface area contributed by atoms with Gasteiger partial charge in [0.25, 0.3) is 0 Å². The van der Waals surface area contributed by atoms with Gasteiger partial charge in [-0.3, -0.25) is 4.79 Å². The normalized spacial score (nSPS) is 30.1. The monoisotopic (exact) mass is 362 g/mol. The maximum absolute atomic E-state index is 13.7. The first-order valence-electron chi connectivity index (χ1n) is 9.21. The summed E-state index contributed by atoms with van der Waals surface area (Å²) in [6.45, 7) is 1.24. The third-order valence-electron chi connectivity index (χ3n) is 6.12. The van der Waals surface area contributed by atoms with E-state index in [1.165, 1.54) is 12.1 Å². The number of benzene rings is 1. The maximum Gasteiger partial charge on any atom is 0.317 e. The molecule has 1 aromatic carbocycles. The maximum atomic E-state index is 13.7. The molecule has 2 aliphatic heterocycles. The van der Waals surface area contributed by atoms with E-state index in [1.807, 2.05) is 0 Å². The van der Waals surface area contributed by atoms with Crippen LogP contribution in [-0.4, -0.2) is 41.7 Å². The summed E-state index contributed by atoms with van der Waals surface area (Å²) in [6.07, 6.45) is 3.79. The molecule has 6 nitrogen and oxygen atoms in total. The second-order valence-electron chi connectivity index (χ2n) is 7.61. The Morgan fingerprint density at radius 3 is 2.92 bits per heavy atom. The molecule has 1 saturated heterocycles. The molecule has 0 radical (unpaired) electrons. The molecule has 2 N–H and O–H groups in total. The Morgan fingerprint density at radius 1 is 1.31 bits per heavy atom. The van der Waals surface area contributed by atoms with Crippen molar-refractivity contribution in [1.29, 1.82) is 0 Å². The number of carboxylic acids is 1. The molecule has 3 aliphatic rings. The number of nitrogens with one attached hydrogen (secondary N) is 1. The molecule has 3 atom stereocenters. The van der Waals surface area contributed by atoms with Gasteiger partial charge in [0.2, 0.25) is 0 Å². The van der Waals surface area contributed by atoms with Crippen LogP contribution in [0.5, 0.6) is 5.75 Å². The van der Waals surface area contributed by atoms with E-state index in [0.29, 0.717) is 37.3 Å². The zero-order valence-corrected chi connectivity index (χ0v) is 14.5. The standard InChI is InChI=1S/C19H23FN2O4/c20-13-5-6-16-14(9-13)15(4-2-8-26-16)21-18(25)22-10-12-3-1-7-19(12,11-22)17(23)24/h5-6,9,12,15H,1-4,7-8,10-11H2,(H,21,25)(H,23,24)/t12-,15?,19+/m0/s1. The van der Waals surface area contributed by atoms with Crippen LogP contribution in [0.1, 0.15) is 43.7 Å². The van der Waals surface area contributed by atoms with Crippen LogP contribution in [0, 0.1) is 17.2 Å². The summed E-state index contributed by atoms with van der Waals surface area (Å²) < 4.78 is 19.3. The van der Waals surface area contributed by atoms with Gasteiger partial charge >= 0.3 is 12.0 Å². The Hall–Kier alpha value is -2.31. The number of aliphatic carboxylic acids is 1. The molecule has 2 fully saturated rings. The van der Waals surface area contributed by atoms with Crippen molar-refractivity contribution in [2.45, 2.75) is 38.1 Å². The van der Waals surface area contributed by atoms with Crippen LogP contribution in [0.2, 0.25) is 0 Å². The Kier molecular flexibility index (Phi) is 4.25. The highest BCUT2D eigenvalue weighted by Crippen LogP contribution is 2.49. The minimum atomic E-state index is -0.800. The van der Waals surface area contributed by atoms with E-state index < -0.39 is 11.4 Å². The van der Waals surface area contributed by atoms with Crippen molar-refractivity contribution in [1.82, 2.24) is 10.2 Å². The Labute approximate surface area is 151 Å². The van der Waals surface area contributed by atoms with Gasteiger partial charge in [0.15, 0.2) is 0 Å².